The first kappa shape index (κ1) is 22.4. The van der Waals surface area contributed by atoms with Crippen LogP contribution in [0.2, 0.25) is 0 Å². The summed E-state index contributed by atoms with van der Waals surface area (Å²) < 4.78 is 7.01. The van der Waals surface area contributed by atoms with Crippen LogP contribution in [0.25, 0.3) is 0 Å². The number of thioether (sulfide) groups is 1. The van der Waals surface area contributed by atoms with Gasteiger partial charge < -0.3 is 19.9 Å². The van der Waals surface area contributed by atoms with E-state index in [-0.39, 0.29) is 24.0 Å². The van der Waals surface area contributed by atoms with E-state index >= 15 is 0 Å². The van der Waals surface area contributed by atoms with Gasteiger partial charge >= 0.3 is 0 Å². The fourth-order valence-electron chi connectivity index (χ4n) is 2.89. The lowest BCUT2D eigenvalue weighted by atomic mass is 10.2. The molecule has 0 bridgehead atoms. The van der Waals surface area contributed by atoms with E-state index in [1.807, 2.05) is 48.7 Å². The molecule has 0 aliphatic rings. The molecule has 1 heterocycles. The van der Waals surface area contributed by atoms with Crippen molar-refractivity contribution in [3.05, 3.63) is 59.9 Å². The van der Waals surface area contributed by atoms with Crippen LogP contribution in [0, 0.1) is 6.92 Å². The summed E-state index contributed by atoms with van der Waals surface area (Å²) in [6.07, 6.45) is 0.0776. The topological polar surface area (TPSA) is 98.1 Å². The lowest BCUT2D eigenvalue weighted by molar-refractivity contribution is -0.116. The highest BCUT2D eigenvalue weighted by molar-refractivity contribution is 7.99. The zero-order valence-corrected chi connectivity index (χ0v) is 18.5. The predicted octanol–water partition coefficient (Wildman–Crippen LogP) is 3.53. The van der Waals surface area contributed by atoms with Crippen molar-refractivity contribution >= 4 is 35.0 Å². The summed E-state index contributed by atoms with van der Waals surface area (Å²) >= 11 is 1.29. The maximum atomic E-state index is 12.4. The highest BCUT2D eigenvalue weighted by atomic mass is 32.2. The number of nitrogens with one attached hydrogen (secondary N) is 2. The molecule has 1 aromatic heterocycles. The van der Waals surface area contributed by atoms with E-state index in [1.54, 1.807) is 25.3 Å². The van der Waals surface area contributed by atoms with Crippen LogP contribution in [0.4, 0.5) is 11.4 Å². The molecule has 2 N–H and O–H groups in total. The smallest absolute Gasteiger partial charge is 0.234 e. The lowest BCUT2D eigenvalue weighted by Gasteiger charge is -2.09. The van der Waals surface area contributed by atoms with E-state index in [2.05, 4.69) is 20.8 Å². The minimum Gasteiger partial charge on any atom is -0.497 e. The van der Waals surface area contributed by atoms with Gasteiger partial charge in [-0.1, -0.05) is 35.5 Å². The second kappa shape index (κ2) is 10.6. The number of aryl methyl sites for hydroxylation is 1. The molecule has 31 heavy (non-hydrogen) atoms. The third-order valence-electron chi connectivity index (χ3n) is 4.45. The van der Waals surface area contributed by atoms with Crippen LogP contribution in [-0.2, 0) is 22.6 Å². The molecular formula is C22H25N5O3S. The van der Waals surface area contributed by atoms with Crippen molar-refractivity contribution < 1.29 is 14.3 Å². The minimum absolute atomic E-state index is 0.0776. The standard InChI is InChI=1S/C22H25N5O3S/c1-4-27-19(13-20(28)24-17-6-5-7-18(12-17)30-3)25-26-22(27)31-14-21(29)23-16-10-8-15(2)9-11-16/h5-12H,4,13-14H2,1-3H3,(H,23,29)(H,24,28). The largest absolute Gasteiger partial charge is 0.497 e. The van der Waals surface area contributed by atoms with E-state index in [4.69, 9.17) is 4.74 Å². The molecule has 0 atom stereocenters. The van der Waals surface area contributed by atoms with Gasteiger partial charge in [-0.25, -0.2) is 0 Å². The van der Waals surface area contributed by atoms with E-state index in [1.165, 1.54) is 11.8 Å². The van der Waals surface area contributed by atoms with Gasteiger partial charge in [0.05, 0.1) is 19.3 Å². The number of hydrogen-bond donors (Lipinski definition) is 2. The first-order valence-corrected chi connectivity index (χ1v) is 10.8. The molecule has 2 amide bonds. The van der Waals surface area contributed by atoms with Gasteiger partial charge in [-0.3, -0.25) is 9.59 Å². The summed E-state index contributed by atoms with van der Waals surface area (Å²) in [7, 11) is 1.57. The molecule has 0 unspecified atom stereocenters. The van der Waals surface area contributed by atoms with Gasteiger partial charge in [0.25, 0.3) is 0 Å². The third kappa shape index (κ3) is 6.32. The lowest BCUT2D eigenvalue weighted by Crippen LogP contribution is -2.18. The number of carbonyl (C=O) groups is 2. The SMILES string of the molecule is CCn1c(CC(=O)Nc2cccc(OC)c2)nnc1SCC(=O)Nc1ccc(C)cc1. The van der Waals surface area contributed by atoms with Gasteiger partial charge in [-0.15, -0.1) is 10.2 Å². The predicted molar refractivity (Wildman–Crippen MR) is 122 cm³/mol. The monoisotopic (exact) mass is 439 g/mol. The molecule has 0 saturated heterocycles. The van der Waals surface area contributed by atoms with Crippen molar-refractivity contribution in [1.29, 1.82) is 0 Å². The molecule has 0 radical (unpaired) electrons. The van der Waals surface area contributed by atoms with E-state index in [9.17, 15) is 9.59 Å². The van der Waals surface area contributed by atoms with Crippen LogP contribution in [0.1, 0.15) is 18.3 Å². The molecule has 3 aromatic rings. The van der Waals surface area contributed by atoms with Crippen molar-refractivity contribution in [3.8, 4) is 5.75 Å². The molecule has 0 aliphatic heterocycles. The van der Waals surface area contributed by atoms with Crippen LogP contribution >= 0.6 is 11.8 Å². The molecule has 0 fully saturated rings. The number of benzene rings is 2. The molecule has 9 heteroatoms. The maximum absolute atomic E-state index is 12.4. The highest BCUT2D eigenvalue weighted by Gasteiger charge is 2.16. The first-order valence-electron chi connectivity index (χ1n) is 9.83. The Hall–Kier alpha value is -3.33. The van der Waals surface area contributed by atoms with Crippen LogP contribution in [-0.4, -0.2) is 39.4 Å². The van der Waals surface area contributed by atoms with Gasteiger partial charge in [0, 0.05) is 24.0 Å². The molecule has 3 rings (SSSR count). The fraction of sp³-hybridized carbons (Fsp3) is 0.273. The highest BCUT2D eigenvalue weighted by Crippen LogP contribution is 2.20. The van der Waals surface area contributed by atoms with E-state index in [0.29, 0.717) is 29.0 Å². The Balaban J connectivity index is 1.57. The van der Waals surface area contributed by atoms with Crippen molar-refractivity contribution in [1.82, 2.24) is 14.8 Å². The summed E-state index contributed by atoms with van der Waals surface area (Å²) in [5.41, 5.74) is 2.53. The Labute approximate surface area is 185 Å². The molecular weight excluding hydrogens is 414 g/mol. The number of ether oxygens (including phenoxy) is 1. The zero-order valence-electron chi connectivity index (χ0n) is 17.7. The number of carbonyl (C=O) groups excluding carboxylic acids is 2. The van der Waals surface area contributed by atoms with Crippen molar-refractivity contribution in [3.63, 3.8) is 0 Å². The van der Waals surface area contributed by atoms with Crippen molar-refractivity contribution in [2.45, 2.75) is 32.0 Å². The Bertz CT molecular complexity index is 1050. The quantitative estimate of drug-likeness (QED) is 0.495. The molecule has 162 valence electrons. The summed E-state index contributed by atoms with van der Waals surface area (Å²) in [6.45, 7) is 4.54. The van der Waals surface area contributed by atoms with Crippen LogP contribution in [0.3, 0.4) is 0 Å². The van der Waals surface area contributed by atoms with Gasteiger partial charge in [0.2, 0.25) is 11.8 Å². The summed E-state index contributed by atoms with van der Waals surface area (Å²) in [4.78, 5) is 24.7. The van der Waals surface area contributed by atoms with Gasteiger partial charge in [-0.05, 0) is 38.1 Å². The molecule has 0 spiro atoms. The van der Waals surface area contributed by atoms with Gasteiger partial charge in [-0.2, -0.15) is 0 Å². The Kier molecular flexibility index (Phi) is 7.66. The van der Waals surface area contributed by atoms with Crippen LogP contribution in [0.5, 0.6) is 5.75 Å². The Morgan fingerprint density at radius 2 is 1.77 bits per heavy atom. The number of anilines is 2. The number of methoxy groups -OCH3 is 1. The van der Waals surface area contributed by atoms with Crippen molar-refractivity contribution in [2.75, 3.05) is 23.5 Å². The second-order valence-electron chi connectivity index (χ2n) is 6.80. The number of aromatic nitrogens is 3. The molecule has 0 saturated carbocycles. The molecule has 2 aromatic carbocycles. The van der Waals surface area contributed by atoms with Gasteiger partial charge in [0.1, 0.15) is 11.6 Å². The molecule has 8 nitrogen and oxygen atoms in total. The Morgan fingerprint density at radius 3 is 2.48 bits per heavy atom. The van der Waals surface area contributed by atoms with E-state index < -0.39 is 0 Å². The first-order chi connectivity index (χ1) is 15.0. The summed E-state index contributed by atoms with van der Waals surface area (Å²) in [5.74, 6) is 1.07. The van der Waals surface area contributed by atoms with Crippen LogP contribution < -0.4 is 15.4 Å². The van der Waals surface area contributed by atoms with Gasteiger partial charge in [0.15, 0.2) is 5.16 Å². The summed E-state index contributed by atoms with van der Waals surface area (Å²) in [6, 6.07) is 14.8. The van der Waals surface area contributed by atoms with E-state index in [0.717, 1.165) is 11.3 Å². The average molecular weight is 440 g/mol. The molecule has 0 aliphatic carbocycles. The minimum atomic E-state index is -0.205. The number of amides is 2. The average Bonchev–Trinajstić information content (AvgIpc) is 3.15. The third-order valence-corrected chi connectivity index (χ3v) is 5.42. The second-order valence-corrected chi connectivity index (χ2v) is 7.75. The number of rotatable bonds is 9. The maximum Gasteiger partial charge on any atom is 0.234 e. The normalized spacial score (nSPS) is 10.5. The van der Waals surface area contributed by atoms with Crippen LogP contribution in [0.15, 0.2) is 53.7 Å². The Morgan fingerprint density at radius 1 is 1.03 bits per heavy atom. The number of nitrogens with zero attached hydrogens (tertiary/aromatic N) is 3. The zero-order chi connectivity index (χ0) is 22.2. The fourth-order valence-corrected chi connectivity index (χ4v) is 3.71. The van der Waals surface area contributed by atoms with Crippen molar-refractivity contribution in [2.24, 2.45) is 0 Å². The number of hydrogen-bond acceptors (Lipinski definition) is 6. The summed E-state index contributed by atoms with van der Waals surface area (Å²) in [5, 5.41) is 14.6.